The molecule has 27 heavy (non-hydrogen) atoms. The number of nitrogens with zero attached hydrogens (tertiary/aromatic N) is 5. The van der Waals surface area contributed by atoms with Gasteiger partial charge in [0, 0.05) is 37.7 Å². The first-order valence-corrected chi connectivity index (χ1v) is 8.43. The van der Waals surface area contributed by atoms with E-state index in [0.717, 1.165) is 11.4 Å². The van der Waals surface area contributed by atoms with Crippen LogP contribution < -0.4 is 16.0 Å². The lowest BCUT2D eigenvalue weighted by Gasteiger charge is -2.10. The van der Waals surface area contributed by atoms with Crippen molar-refractivity contribution < 1.29 is 4.79 Å². The lowest BCUT2D eigenvalue weighted by molar-refractivity contribution is 0.0950. The summed E-state index contributed by atoms with van der Waals surface area (Å²) in [7, 11) is 0. The number of aryl methyl sites for hydroxylation is 2. The minimum Gasteiger partial charge on any atom is -0.368 e. The quantitative estimate of drug-likeness (QED) is 0.544. The normalized spacial score (nSPS) is 10.3. The van der Waals surface area contributed by atoms with Gasteiger partial charge >= 0.3 is 0 Å². The molecule has 0 bridgehead atoms. The van der Waals surface area contributed by atoms with Gasteiger partial charge in [0.2, 0.25) is 0 Å². The molecule has 0 saturated heterocycles. The summed E-state index contributed by atoms with van der Waals surface area (Å²) in [5.74, 6) is 2.38. The van der Waals surface area contributed by atoms with Crippen molar-refractivity contribution in [2.75, 3.05) is 23.7 Å². The molecule has 0 spiro atoms. The standard InChI is InChI=1S/C18H20N8O/c1-12-3-4-21-15(9-12)26-17-10-16(24-13(2)25-17)22-7-8-23-18(27)14-11-19-5-6-20-14/h3-6,9-11H,7-8H2,1-2H3,(H,23,27)(H2,21,22,24,25,26). The first kappa shape index (κ1) is 18.2. The molecule has 0 saturated carbocycles. The Bertz CT molecular complexity index is 916. The van der Waals surface area contributed by atoms with Crippen molar-refractivity contribution in [1.82, 2.24) is 30.2 Å². The predicted molar refractivity (Wildman–Crippen MR) is 102 cm³/mol. The topological polar surface area (TPSA) is 118 Å². The first-order valence-electron chi connectivity index (χ1n) is 8.43. The third-order valence-electron chi connectivity index (χ3n) is 3.52. The molecule has 3 aromatic rings. The van der Waals surface area contributed by atoms with E-state index in [4.69, 9.17) is 0 Å². The fourth-order valence-corrected chi connectivity index (χ4v) is 2.33. The molecule has 0 aliphatic rings. The number of carbonyl (C=O) groups is 1. The number of aromatic nitrogens is 5. The summed E-state index contributed by atoms with van der Waals surface area (Å²) in [5, 5.41) is 9.11. The van der Waals surface area contributed by atoms with Gasteiger partial charge in [-0.1, -0.05) is 0 Å². The van der Waals surface area contributed by atoms with Gasteiger partial charge in [-0.3, -0.25) is 9.78 Å². The highest BCUT2D eigenvalue weighted by molar-refractivity contribution is 5.91. The van der Waals surface area contributed by atoms with Crippen LogP contribution in [0.1, 0.15) is 21.9 Å². The van der Waals surface area contributed by atoms with Crippen LogP contribution in [-0.2, 0) is 0 Å². The van der Waals surface area contributed by atoms with E-state index in [9.17, 15) is 4.79 Å². The van der Waals surface area contributed by atoms with Crippen LogP contribution in [0.2, 0.25) is 0 Å². The number of amides is 1. The Morgan fingerprint density at radius 1 is 0.963 bits per heavy atom. The molecule has 9 heteroatoms. The highest BCUT2D eigenvalue weighted by Crippen LogP contribution is 2.16. The molecule has 3 rings (SSSR count). The Morgan fingerprint density at radius 2 is 1.81 bits per heavy atom. The molecule has 0 fully saturated rings. The zero-order valence-corrected chi connectivity index (χ0v) is 15.1. The van der Waals surface area contributed by atoms with Gasteiger partial charge in [-0.05, 0) is 31.5 Å². The number of anilines is 3. The van der Waals surface area contributed by atoms with Gasteiger partial charge in [0.1, 0.15) is 29.0 Å². The second kappa shape index (κ2) is 8.65. The lowest BCUT2D eigenvalue weighted by Crippen LogP contribution is -2.29. The van der Waals surface area contributed by atoms with Crippen LogP contribution in [-0.4, -0.2) is 43.9 Å². The molecule has 3 N–H and O–H groups in total. The molecule has 0 unspecified atom stereocenters. The summed E-state index contributed by atoms with van der Waals surface area (Å²) < 4.78 is 0. The van der Waals surface area contributed by atoms with Crippen molar-refractivity contribution in [1.29, 1.82) is 0 Å². The Balaban J connectivity index is 1.54. The number of carbonyl (C=O) groups excluding carboxylic acids is 1. The average Bonchev–Trinajstić information content (AvgIpc) is 2.65. The van der Waals surface area contributed by atoms with Crippen LogP contribution in [0.5, 0.6) is 0 Å². The molecule has 0 atom stereocenters. The van der Waals surface area contributed by atoms with Gasteiger partial charge in [0.25, 0.3) is 5.91 Å². The maximum atomic E-state index is 11.9. The SMILES string of the molecule is Cc1ccnc(Nc2cc(NCCNC(=O)c3cnccn3)nc(C)n2)c1. The molecule has 1 amide bonds. The van der Waals surface area contributed by atoms with Crippen LogP contribution in [0.25, 0.3) is 0 Å². The number of rotatable bonds is 7. The van der Waals surface area contributed by atoms with E-state index in [1.807, 2.05) is 26.0 Å². The van der Waals surface area contributed by atoms with Crippen molar-refractivity contribution in [2.45, 2.75) is 13.8 Å². The van der Waals surface area contributed by atoms with Crippen molar-refractivity contribution in [3.8, 4) is 0 Å². The van der Waals surface area contributed by atoms with E-state index in [-0.39, 0.29) is 11.6 Å². The Kier molecular flexibility index (Phi) is 5.83. The minimum atomic E-state index is -0.267. The summed E-state index contributed by atoms with van der Waals surface area (Å²) in [5.41, 5.74) is 1.39. The van der Waals surface area contributed by atoms with Crippen LogP contribution >= 0.6 is 0 Å². The van der Waals surface area contributed by atoms with Crippen LogP contribution in [0.15, 0.2) is 43.0 Å². The van der Waals surface area contributed by atoms with Crippen LogP contribution in [0.4, 0.5) is 17.5 Å². The number of pyridine rings is 1. The average molecular weight is 364 g/mol. The summed E-state index contributed by atoms with van der Waals surface area (Å²) in [6, 6.07) is 5.66. The molecule has 0 radical (unpaired) electrons. The highest BCUT2D eigenvalue weighted by atomic mass is 16.1. The molecule has 3 heterocycles. The predicted octanol–water partition coefficient (Wildman–Crippen LogP) is 1.86. The van der Waals surface area contributed by atoms with Crippen molar-refractivity contribution in [2.24, 2.45) is 0 Å². The van der Waals surface area contributed by atoms with Gasteiger partial charge in [-0.2, -0.15) is 0 Å². The van der Waals surface area contributed by atoms with Crippen LogP contribution in [0.3, 0.4) is 0 Å². The summed E-state index contributed by atoms with van der Waals surface area (Å²) >= 11 is 0. The van der Waals surface area contributed by atoms with Gasteiger partial charge < -0.3 is 16.0 Å². The van der Waals surface area contributed by atoms with E-state index >= 15 is 0 Å². The maximum Gasteiger partial charge on any atom is 0.271 e. The van der Waals surface area contributed by atoms with E-state index in [1.165, 1.54) is 18.6 Å². The summed E-state index contributed by atoms with van der Waals surface area (Å²) in [6.07, 6.45) is 6.17. The molecule has 138 valence electrons. The fourth-order valence-electron chi connectivity index (χ4n) is 2.33. The number of hydrogen-bond acceptors (Lipinski definition) is 8. The largest absolute Gasteiger partial charge is 0.368 e. The lowest BCUT2D eigenvalue weighted by atomic mass is 10.3. The zero-order valence-electron chi connectivity index (χ0n) is 15.1. The van der Waals surface area contributed by atoms with Gasteiger partial charge in [-0.15, -0.1) is 0 Å². The second-order valence-electron chi connectivity index (χ2n) is 5.80. The number of hydrogen-bond donors (Lipinski definition) is 3. The maximum absolute atomic E-state index is 11.9. The molecule has 0 aliphatic heterocycles. The fraction of sp³-hybridized carbons (Fsp3) is 0.222. The van der Waals surface area contributed by atoms with E-state index in [0.29, 0.717) is 30.5 Å². The number of nitrogens with one attached hydrogen (secondary N) is 3. The minimum absolute atomic E-state index is 0.267. The molecular formula is C18H20N8O. The Hall–Kier alpha value is -3.62. The van der Waals surface area contributed by atoms with Crippen molar-refractivity contribution in [3.63, 3.8) is 0 Å². The highest BCUT2D eigenvalue weighted by Gasteiger charge is 2.06. The van der Waals surface area contributed by atoms with E-state index < -0.39 is 0 Å². The van der Waals surface area contributed by atoms with Gasteiger partial charge in [0.15, 0.2) is 0 Å². The molecule has 9 nitrogen and oxygen atoms in total. The van der Waals surface area contributed by atoms with Gasteiger partial charge in [-0.25, -0.2) is 19.9 Å². The Morgan fingerprint density at radius 3 is 2.59 bits per heavy atom. The third kappa shape index (κ3) is 5.43. The molecule has 0 aliphatic carbocycles. The van der Waals surface area contributed by atoms with Crippen molar-refractivity contribution >= 4 is 23.4 Å². The molecular weight excluding hydrogens is 344 g/mol. The van der Waals surface area contributed by atoms with Crippen LogP contribution in [0, 0.1) is 13.8 Å². The second-order valence-corrected chi connectivity index (χ2v) is 5.80. The van der Waals surface area contributed by atoms with Gasteiger partial charge in [0.05, 0.1) is 6.20 Å². The Labute approximate surface area is 156 Å². The zero-order chi connectivity index (χ0) is 19.1. The smallest absolute Gasteiger partial charge is 0.271 e. The third-order valence-corrected chi connectivity index (χ3v) is 3.52. The summed E-state index contributed by atoms with van der Waals surface area (Å²) in [6.45, 7) is 4.74. The first-order chi connectivity index (χ1) is 13.1. The van der Waals surface area contributed by atoms with E-state index in [1.54, 1.807) is 12.3 Å². The molecule has 0 aromatic carbocycles. The summed E-state index contributed by atoms with van der Waals surface area (Å²) in [4.78, 5) is 32.7. The molecule has 3 aromatic heterocycles. The monoisotopic (exact) mass is 364 g/mol. The van der Waals surface area contributed by atoms with E-state index in [2.05, 4.69) is 40.9 Å². The van der Waals surface area contributed by atoms with Crippen molar-refractivity contribution in [3.05, 3.63) is 60.1 Å².